The molecule has 276 valence electrons. The van der Waals surface area contributed by atoms with E-state index in [1.165, 1.54) is 17.8 Å². The highest BCUT2D eigenvalue weighted by Crippen LogP contribution is 2.47. The van der Waals surface area contributed by atoms with Gasteiger partial charge < -0.3 is 20.2 Å². The number of benzene rings is 1. The van der Waals surface area contributed by atoms with E-state index in [2.05, 4.69) is 0 Å². The molecule has 0 spiro atoms. The Morgan fingerprint density at radius 2 is 1.42 bits per heavy atom. The minimum atomic E-state index is -4.14. The Labute approximate surface area is 315 Å². The van der Waals surface area contributed by atoms with Gasteiger partial charge in [-0.1, -0.05) is 35.7 Å². The summed E-state index contributed by atoms with van der Waals surface area (Å²) >= 11 is 8.67. The number of unbranched alkanes of at least 4 members (excludes halogenated alkanes) is 1. The molecule has 52 heavy (non-hydrogen) atoms. The van der Waals surface area contributed by atoms with E-state index in [1.54, 1.807) is 6.08 Å². The second-order valence-electron chi connectivity index (χ2n) is 11.4. The predicted molar refractivity (Wildman–Crippen MR) is 200 cm³/mol. The summed E-state index contributed by atoms with van der Waals surface area (Å²) < 4.78 is 32.8. The zero-order valence-corrected chi connectivity index (χ0v) is 32.0. The van der Waals surface area contributed by atoms with Crippen LogP contribution in [0.3, 0.4) is 0 Å². The average Bonchev–Trinajstić information content (AvgIpc) is 3.72. The van der Waals surface area contributed by atoms with Crippen LogP contribution in [0, 0.1) is 23.0 Å². The molecule has 22 heteroatoms. The minimum absolute atomic E-state index is 0.0332. The number of allylic oxidation sites excluding steroid dienone is 1. The van der Waals surface area contributed by atoms with E-state index in [-0.39, 0.29) is 34.0 Å². The second-order valence-corrected chi connectivity index (χ2v) is 17.7. The lowest BCUT2D eigenvalue weighted by molar-refractivity contribution is -0.140. The predicted octanol–water partition coefficient (Wildman–Crippen LogP) is 1.16. The summed E-state index contributed by atoms with van der Waals surface area (Å²) in [6, 6.07) is 3.99. The van der Waals surface area contributed by atoms with Crippen LogP contribution in [0.5, 0.6) is 0 Å². The normalized spacial score (nSPS) is 17.4. The van der Waals surface area contributed by atoms with Crippen molar-refractivity contribution in [2.45, 2.75) is 44.7 Å². The van der Waals surface area contributed by atoms with E-state index in [1.807, 2.05) is 30.9 Å². The quantitative estimate of drug-likeness (QED) is 0.114. The smallest absolute Gasteiger partial charge is 0.323 e. The Morgan fingerprint density at radius 1 is 0.808 bits per heavy atom. The molecule has 0 bridgehead atoms. The summed E-state index contributed by atoms with van der Waals surface area (Å²) in [4.78, 5) is 79.1. The van der Waals surface area contributed by atoms with Crippen molar-refractivity contribution in [1.29, 1.82) is 0 Å². The van der Waals surface area contributed by atoms with Crippen molar-refractivity contribution in [1.82, 2.24) is 14.0 Å². The van der Waals surface area contributed by atoms with Crippen LogP contribution in [-0.2, 0) is 42.4 Å². The number of aliphatic carboxylic acids is 3. The molecule has 3 aromatic rings. The first-order chi connectivity index (χ1) is 24.4. The standard InChI is InChI=1S/C30H28N4O12S6/c1-14-9-16-18(10-15(14)2)48-19(31(16)7-3-4-8-52(44,45)46)6-5-17-25(41)32(11-20(35)36)28(49-17)23-26(42)33(12-21(37)38)29(50-23)24-27(43)34(13-22(39)40)30(47)51-24/h5-6,9-10H,3-4,7-8,11-13H2,1-2H3,(H,35,36)(H,37,38)(H,39,40)(H,44,45,46)/b17-5-,19-6+,28-23+,29-24+. The van der Waals surface area contributed by atoms with Crippen LogP contribution in [0.2, 0.25) is 0 Å². The topological polar surface area (TPSA) is 234 Å². The van der Waals surface area contributed by atoms with Gasteiger partial charge in [0, 0.05) is 11.4 Å². The highest BCUT2D eigenvalue weighted by Gasteiger charge is 2.35. The van der Waals surface area contributed by atoms with Crippen LogP contribution in [-0.4, -0.2) is 89.3 Å². The number of anilines is 1. The number of hydrogen-bond acceptors (Lipinski definition) is 14. The molecule has 0 radical (unpaired) electrons. The maximum atomic E-state index is 13.8. The molecule has 1 amide bonds. The molecule has 1 fully saturated rings. The summed E-state index contributed by atoms with van der Waals surface area (Å²) in [6.07, 6.45) is 3.71. The number of hydrogen-bond donors (Lipinski definition) is 4. The number of rotatable bonds is 12. The average molecular weight is 829 g/mol. The number of fused-ring (bicyclic) bond motifs is 1. The third kappa shape index (κ3) is 8.43. The number of thiocarbonyl (C=S) groups is 1. The number of amides is 1. The molecule has 0 aliphatic carbocycles. The molecule has 0 atom stereocenters. The third-order valence-electron chi connectivity index (χ3n) is 7.67. The molecule has 0 saturated carbocycles. The molecule has 2 aliphatic rings. The van der Waals surface area contributed by atoms with Gasteiger partial charge >= 0.3 is 17.9 Å². The first-order valence-electron chi connectivity index (χ1n) is 15.0. The Kier molecular flexibility index (Phi) is 11.7. The molecule has 4 heterocycles. The number of aryl methyl sites for hydroxylation is 2. The molecule has 2 aliphatic heterocycles. The fourth-order valence-corrected chi connectivity index (χ4v) is 10.7. The summed E-state index contributed by atoms with van der Waals surface area (Å²) in [7, 11) is -4.14. The number of carboxylic acid groups (broad SMARTS) is 3. The van der Waals surface area contributed by atoms with Crippen molar-refractivity contribution in [3.05, 3.63) is 73.5 Å². The van der Waals surface area contributed by atoms with Crippen LogP contribution < -0.4 is 25.2 Å². The van der Waals surface area contributed by atoms with Gasteiger partial charge in [-0.3, -0.25) is 47.4 Å². The van der Waals surface area contributed by atoms with E-state index in [9.17, 15) is 52.5 Å². The van der Waals surface area contributed by atoms with Crippen LogP contribution in [0.4, 0.5) is 5.69 Å². The molecule has 16 nitrogen and oxygen atoms in total. The fraction of sp³-hybridized carbons (Fsp3) is 0.300. The van der Waals surface area contributed by atoms with E-state index in [4.69, 9.17) is 16.8 Å². The van der Waals surface area contributed by atoms with Crippen molar-refractivity contribution in [2.75, 3.05) is 23.7 Å². The summed E-state index contributed by atoms with van der Waals surface area (Å²) in [5.74, 6) is -5.46. The Hall–Kier alpha value is -4.06. The van der Waals surface area contributed by atoms with Crippen molar-refractivity contribution in [3.8, 4) is 0 Å². The molecular weight excluding hydrogens is 801 g/mol. The maximum Gasteiger partial charge on any atom is 0.323 e. The van der Waals surface area contributed by atoms with Gasteiger partial charge in [-0.2, -0.15) is 8.42 Å². The third-order valence-corrected chi connectivity index (χ3v) is 13.6. The number of carbonyl (C=O) groups excluding carboxylic acids is 1. The van der Waals surface area contributed by atoms with Gasteiger partial charge in [0.1, 0.15) is 42.7 Å². The molecule has 5 rings (SSSR count). The van der Waals surface area contributed by atoms with Crippen LogP contribution in [0.1, 0.15) is 24.0 Å². The van der Waals surface area contributed by atoms with Crippen LogP contribution in [0.15, 0.2) is 37.7 Å². The number of nitrogens with zero attached hydrogens (tertiary/aromatic N) is 4. The van der Waals surface area contributed by atoms with Gasteiger partial charge in [-0.25, -0.2) is 0 Å². The van der Waals surface area contributed by atoms with Gasteiger partial charge in [-0.15, -0.1) is 22.7 Å². The van der Waals surface area contributed by atoms with E-state index in [0.717, 1.165) is 47.1 Å². The zero-order valence-electron chi connectivity index (χ0n) is 27.1. The molecule has 0 unspecified atom stereocenters. The van der Waals surface area contributed by atoms with E-state index >= 15 is 0 Å². The number of carboxylic acids is 3. The van der Waals surface area contributed by atoms with Gasteiger partial charge in [-0.05, 0) is 62.1 Å². The Balaban J connectivity index is 1.71. The van der Waals surface area contributed by atoms with Crippen molar-refractivity contribution < 1.29 is 47.5 Å². The first-order valence-corrected chi connectivity index (χ1v) is 20.3. The zero-order chi connectivity index (χ0) is 38.2. The molecule has 4 N–H and O–H groups in total. The second kappa shape index (κ2) is 15.5. The summed E-state index contributed by atoms with van der Waals surface area (Å²) in [5.41, 5.74) is 1.25. The molecule has 2 aromatic heterocycles. The molecule has 1 saturated heterocycles. The number of aromatic nitrogens is 2. The molecular formula is C30H28N4O12S6. The fourth-order valence-electron chi connectivity index (χ4n) is 5.18. The van der Waals surface area contributed by atoms with Crippen molar-refractivity contribution in [2.24, 2.45) is 0 Å². The lowest BCUT2D eigenvalue weighted by Crippen LogP contribution is -2.35. The lowest BCUT2D eigenvalue weighted by Gasteiger charge is -2.20. The SMILES string of the molecule is Cc1cc2c(cc1C)N(CCCCS(=O)(=O)O)/C(=C\C=c1/s/c(=c3/s/c(=C4/SC(=S)N(CC(=O)O)C4=O)n(CC(=O)O)c3=O)n(CC(=O)O)c1=O)S2. The Morgan fingerprint density at radius 3 is 2.04 bits per heavy atom. The highest BCUT2D eigenvalue weighted by molar-refractivity contribution is 8.30. The minimum Gasteiger partial charge on any atom is -0.480 e. The lowest BCUT2D eigenvalue weighted by atomic mass is 10.1. The number of thioether (sulfide) groups is 2. The van der Waals surface area contributed by atoms with E-state index in [0.29, 0.717) is 41.1 Å². The van der Waals surface area contributed by atoms with Gasteiger partial charge in [0.15, 0.2) is 0 Å². The number of carbonyl (C=O) groups is 4. The van der Waals surface area contributed by atoms with Crippen molar-refractivity contribution >= 4 is 113 Å². The van der Waals surface area contributed by atoms with Gasteiger partial charge in [0.05, 0.1) is 21.0 Å². The largest absolute Gasteiger partial charge is 0.480 e. The molecule has 1 aromatic carbocycles. The van der Waals surface area contributed by atoms with E-state index < -0.39 is 70.4 Å². The van der Waals surface area contributed by atoms with Crippen LogP contribution in [0.25, 0.3) is 11.0 Å². The number of thiazole rings is 2. The Bertz CT molecular complexity index is 2550. The van der Waals surface area contributed by atoms with Crippen LogP contribution >= 0.6 is 58.4 Å². The van der Waals surface area contributed by atoms with Gasteiger partial charge in [0.2, 0.25) is 0 Å². The van der Waals surface area contributed by atoms with Crippen molar-refractivity contribution in [3.63, 3.8) is 0 Å². The summed E-state index contributed by atoms with van der Waals surface area (Å²) in [6.45, 7) is 1.77. The highest BCUT2D eigenvalue weighted by atomic mass is 32.2. The maximum absolute atomic E-state index is 13.8. The monoisotopic (exact) mass is 828 g/mol. The first kappa shape index (κ1) is 39.2. The summed E-state index contributed by atoms with van der Waals surface area (Å²) in [5, 5.41) is 29.1. The van der Waals surface area contributed by atoms with Gasteiger partial charge in [0.25, 0.3) is 27.1 Å².